The molecule has 15 heavy (non-hydrogen) atoms. The molecule has 0 radical (unpaired) electrons. The Hall–Kier alpha value is -0.820. The van der Waals surface area contributed by atoms with Crippen LogP contribution in [0.2, 0.25) is 0 Å². The maximum atomic E-state index is 6.12. The van der Waals surface area contributed by atoms with Crippen LogP contribution in [0.3, 0.4) is 0 Å². The van der Waals surface area contributed by atoms with Crippen molar-refractivity contribution in [2.75, 3.05) is 0 Å². The molecule has 2 bridgehead atoms. The van der Waals surface area contributed by atoms with E-state index in [4.69, 9.17) is 4.74 Å². The molecule has 1 heteroatoms. The highest BCUT2D eigenvalue weighted by Crippen LogP contribution is 2.73. The predicted molar refractivity (Wildman–Crippen MR) is 59.1 cm³/mol. The SMILES string of the molecule is CC1(C)OC12[C@H]1CC[C@H]2c2ccccc21. The standard InChI is InChI=1S/C14H16O/c1-13(2)14(15-13)11-7-8-12(14)10-6-4-3-5-9(10)11/h3-6,11-12H,7-8H2,1-2H3/t11-,12-/m0/s1. The lowest BCUT2D eigenvalue weighted by molar-refractivity contribution is 0.260. The molecule has 1 saturated heterocycles. The molecule has 2 atom stereocenters. The molecule has 1 saturated carbocycles. The van der Waals surface area contributed by atoms with Gasteiger partial charge >= 0.3 is 0 Å². The van der Waals surface area contributed by atoms with Crippen molar-refractivity contribution in [2.45, 2.75) is 49.7 Å². The van der Waals surface area contributed by atoms with E-state index in [0.29, 0.717) is 11.8 Å². The molecule has 0 unspecified atom stereocenters. The van der Waals surface area contributed by atoms with E-state index in [1.807, 2.05) is 0 Å². The van der Waals surface area contributed by atoms with Crippen LogP contribution in [0.4, 0.5) is 0 Å². The van der Waals surface area contributed by atoms with Crippen molar-refractivity contribution in [2.24, 2.45) is 0 Å². The van der Waals surface area contributed by atoms with Gasteiger partial charge in [-0.3, -0.25) is 0 Å². The second-order valence-corrected chi connectivity index (χ2v) is 5.72. The van der Waals surface area contributed by atoms with Crippen molar-refractivity contribution >= 4 is 0 Å². The van der Waals surface area contributed by atoms with Gasteiger partial charge < -0.3 is 4.74 Å². The highest BCUT2D eigenvalue weighted by molar-refractivity contribution is 5.51. The summed E-state index contributed by atoms with van der Waals surface area (Å²) in [5, 5.41) is 0. The first kappa shape index (κ1) is 8.35. The van der Waals surface area contributed by atoms with E-state index in [1.54, 1.807) is 11.1 Å². The molecular weight excluding hydrogens is 184 g/mol. The van der Waals surface area contributed by atoms with Crippen LogP contribution in [0.5, 0.6) is 0 Å². The topological polar surface area (TPSA) is 12.5 Å². The number of benzene rings is 1. The van der Waals surface area contributed by atoms with Gasteiger partial charge in [-0.1, -0.05) is 24.3 Å². The van der Waals surface area contributed by atoms with E-state index in [-0.39, 0.29) is 11.2 Å². The van der Waals surface area contributed by atoms with Crippen molar-refractivity contribution in [3.63, 3.8) is 0 Å². The summed E-state index contributed by atoms with van der Waals surface area (Å²) in [4.78, 5) is 0. The molecule has 0 aromatic heterocycles. The van der Waals surface area contributed by atoms with Crippen LogP contribution in [0.25, 0.3) is 0 Å². The van der Waals surface area contributed by atoms with Crippen LogP contribution in [0.1, 0.15) is 49.7 Å². The number of ether oxygens (including phenoxy) is 1. The number of rotatable bonds is 0. The van der Waals surface area contributed by atoms with E-state index in [1.165, 1.54) is 12.8 Å². The Morgan fingerprint density at radius 2 is 1.53 bits per heavy atom. The molecule has 1 aromatic carbocycles. The van der Waals surface area contributed by atoms with E-state index in [0.717, 1.165) is 0 Å². The molecule has 3 aliphatic rings. The van der Waals surface area contributed by atoms with Crippen LogP contribution in [0.15, 0.2) is 24.3 Å². The molecule has 0 amide bonds. The zero-order valence-corrected chi connectivity index (χ0v) is 9.29. The lowest BCUT2D eigenvalue weighted by atomic mass is 9.84. The quantitative estimate of drug-likeness (QED) is 0.586. The predicted octanol–water partition coefficient (Wildman–Crippen LogP) is 3.21. The van der Waals surface area contributed by atoms with Crippen LogP contribution < -0.4 is 0 Å². The van der Waals surface area contributed by atoms with Gasteiger partial charge in [0.2, 0.25) is 0 Å². The van der Waals surface area contributed by atoms with Crippen molar-refractivity contribution in [1.82, 2.24) is 0 Å². The zero-order valence-electron chi connectivity index (χ0n) is 9.29. The van der Waals surface area contributed by atoms with Crippen LogP contribution >= 0.6 is 0 Å². The highest BCUT2D eigenvalue weighted by atomic mass is 16.6. The summed E-state index contributed by atoms with van der Waals surface area (Å²) >= 11 is 0. The largest absolute Gasteiger partial charge is 0.362 e. The molecular formula is C14H16O. The molecule has 2 aliphatic carbocycles. The number of hydrogen-bond donors (Lipinski definition) is 0. The summed E-state index contributed by atoms with van der Waals surface area (Å²) in [6, 6.07) is 8.95. The van der Waals surface area contributed by atoms with Gasteiger partial charge in [0.05, 0.1) is 5.60 Å². The Morgan fingerprint density at radius 3 is 1.93 bits per heavy atom. The average molecular weight is 200 g/mol. The minimum atomic E-state index is 0.109. The minimum Gasteiger partial charge on any atom is -0.362 e. The Morgan fingerprint density at radius 1 is 1.07 bits per heavy atom. The van der Waals surface area contributed by atoms with Gasteiger partial charge in [-0.15, -0.1) is 0 Å². The first-order valence-corrected chi connectivity index (χ1v) is 5.96. The first-order valence-electron chi connectivity index (χ1n) is 5.96. The van der Waals surface area contributed by atoms with Gasteiger partial charge in [-0.05, 0) is 37.8 Å². The van der Waals surface area contributed by atoms with Crippen molar-refractivity contribution in [3.8, 4) is 0 Å². The van der Waals surface area contributed by atoms with Gasteiger partial charge in [-0.2, -0.15) is 0 Å². The zero-order chi connectivity index (χ0) is 10.3. The molecule has 1 aliphatic heterocycles. The van der Waals surface area contributed by atoms with E-state index in [2.05, 4.69) is 38.1 Å². The van der Waals surface area contributed by atoms with Crippen molar-refractivity contribution in [3.05, 3.63) is 35.4 Å². The Labute approximate surface area is 90.4 Å². The average Bonchev–Trinajstić information content (AvgIpc) is 2.57. The second kappa shape index (κ2) is 2.15. The lowest BCUT2D eigenvalue weighted by Gasteiger charge is -2.13. The fourth-order valence-electron chi connectivity index (χ4n) is 4.30. The molecule has 1 aromatic rings. The summed E-state index contributed by atoms with van der Waals surface area (Å²) in [6.07, 6.45) is 2.65. The maximum absolute atomic E-state index is 6.12. The van der Waals surface area contributed by atoms with Gasteiger partial charge in [0.1, 0.15) is 5.60 Å². The molecule has 2 fully saturated rings. The van der Waals surface area contributed by atoms with E-state index >= 15 is 0 Å². The molecule has 4 rings (SSSR count). The van der Waals surface area contributed by atoms with Gasteiger partial charge in [0.15, 0.2) is 0 Å². The van der Waals surface area contributed by atoms with Crippen LogP contribution in [0, 0.1) is 0 Å². The molecule has 0 N–H and O–H groups in total. The Bertz CT molecular complexity index is 415. The van der Waals surface area contributed by atoms with Crippen molar-refractivity contribution < 1.29 is 4.74 Å². The maximum Gasteiger partial charge on any atom is 0.111 e. The number of hydrogen-bond acceptors (Lipinski definition) is 1. The summed E-state index contributed by atoms with van der Waals surface area (Å²) in [6.45, 7) is 4.51. The third-order valence-electron chi connectivity index (χ3n) is 4.85. The fourth-order valence-corrected chi connectivity index (χ4v) is 4.30. The van der Waals surface area contributed by atoms with E-state index < -0.39 is 0 Å². The van der Waals surface area contributed by atoms with E-state index in [9.17, 15) is 0 Å². The fraction of sp³-hybridized carbons (Fsp3) is 0.571. The lowest BCUT2D eigenvalue weighted by Crippen LogP contribution is -2.23. The van der Waals surface area contributed by atoms with Crippen LogP contribution in [-0.4, -0.2) is 11.2 Å². The van der Waals surface area contributed by atoms with Gasteiger partial charge in [0, 0.05) is 11.8 Å². The third-order valence-corrected chi connectivity index (χ3v) is 4.85. The van der Waals surface area contributed by atoms with Gasteiger partial charge in [-0.25, -0.2) is 0 Å². The summed E-state index contributed by atoms with van der Waals surface area (Å²) in [5.41, 5.74) is 3.42. The number of epoxide rings is 1. The Kier molecular flexibility index (Phi) is 1.19. The second-order valence-electron chi connectivity index (χ2n) is 5.72. The monoisotopic (exact) mass is 200 g/mol. The Balaban J connectivity index is 1.94. The third kappa shape index (κ3) is 0.710. The number of fused-ring (bicyclic) bond motifs is 3. The molecule has 78 valence electrons. The summed E-state index contributed by atoms with van der Waals surface area (Å²) in [7, 11) is 0. The molecule has 1 spiro atoms. The minimum absolute atomic E-state index is 0.109. The van der Waals surface area contributed by atoms with Gasteiger partial charge in [0.25, 0.3) is 0 Å². The first-order chi connectivity index (χ1) is 7.17. The molecule has 1 heterocycles. The normalized spacial score (nSPS) is 43.3. The van der Waals surface area contributed by atoms with Crippen LogP contribution in [-0.2, 0) is 4.74 Å². The smallest absolute Gasteiger partial charge is 0.111 e. The highest BCUT2D eigenvalue weighted by Gasteiger charge is 2.76. The summed E-state index contributed by atoms with van der Waals surface area (Å²) < 4.78 is 6.12. The summed E-state index contributed by atoms with van der Waals surface area (Å²) in [5.74, 6) is 1.35. The molecule has 1 nitrogen and oxygen atoms in total. The van der Waals surface area contributed by atoms with Crippen molar-refractivity contribution in [1.29, 1.82) is 0 Å².